The van der Waals surface area contributed by atoms with Crippen molar-refractivity contribution in [3.8, 4) is 0 Å². The molecule has 1 heterocycles. The third-order valence-electron chi connectivity index (χ3n) is 3.35. The fraction of sp³-hybridized carbons (Fsp3) is 0.294. The number of carbonyl (C=O) groups excluding carboxylic acids is 2. The first-order valence-corrected chi connectivity index (χ1v) is 7.61. The second-order valence-corrected chi connectivity index (χ2v) is 5.47. The van der Waals surface area contributed by atoms with E-state index in [9.17, 15) is 14.0 Å². The van der Waals surface area contributed by atoms with Gasteiger partial charge < -0.3 is 10.6 Å². The summed E-state index contributed by atoms with van der Waals surface area (Å²) in [6.07, 6.45) is 2.87. The van der Waals surface area contributed by atoms with E-state index < -0.39 is 11.7 Å². The molecule has 24 heavy (non-hydrogen) atoms. The molecule has 2 amide bonds. The Kier molecular flexibility index (Phi) is 5.95. The van der Waals surface area contributed by atoms with Gasteiger partial charge in [-0.25, -0.2) is 14.4 Å². The fourth-order valence-corrected chi connectivity index (χ4v) is 2.16. The van der Waals surface area contributed by atoms with E-state index in [1.165, 1.54) is 30.7 Å². The Morgan fingerprint density at radius 2 is 1.71 bits per heavy atom. The lowest BCUT2D eigenvalue weighted by atomic mass is 10.0. The lowest BCUT2D eigenvalue weighted by Crippen LogP contribution is -2.35. The summed E-state index contributed by atoms with van der Waals surface area (Å²) in [7, 11) is 0. The van der Waals surface area contributed by atoms with Crippen molar-refractivity contribution in [1.29, 1.82) is 0 Å². The molecule has 126 valence electrons. The summed E-state index contributed by atoms with van der Waals surface area (Å²) < 4.78 is 13.5. The third kappa shape index (κ3) is 4.34. The van der Waals surface area contributed by atoms with Gasteiger partial charge in [-0.2, -0.15) is 0 Å². The number of carbonyl (C=O) groups is 2. The first-order valence-electron chi connectivity index (χ1n) is 7.61. The molecule has 2 aromatic rings. The van der Waals surface area contributed by atoms with Crippen molar-refractivity contribution < 1.29 is 14.0 Å². The molecule has 2 rings (SSSR count). The van der Waals surface area contributed by atoms with Crippen LogP contribution in [-0.2, 0) is 0 Å². The van der Waals surface area contributed by atoms with Gasteiger partial charge in [-0.15, -0.1) is 0 Å². The SMILES string of the molecule is CC(C)c1ncncc1C(=O)NCCNC(=O)c1ccccc1F. The predicted octanol–water partition coefficient (Wildman–Crippen LogP) is 1.90. The van der Waals surface area contributed by atoms with E-state index in [4.69, 9.17) is 0 Å². The van der Waals surface area contributed by atoms with E-state index in [1.807, 2.05) is 13.8 Å². The highest BCUT2D eigenvalue weighted by atomic mass is 19.1. The molecule has 6 nitrogen and oxygen atoms in total. The number of benzene rings is 1. The zero-order valence-corrected chi connectivity index (χ0v) is 13.5. The van der Waals surface area contributed by atoms with E-state index in [2.05, 4.69) is 20.6 Å². The highest BCUT2D eigenvalue weighted by Crippen LogP contribution is 2.15. The summed E-state index contributed by atoms with van der Waals surface area (Å²) in [5.41, 5.74) is 1.05. The lowest BCUT2D eigenvalue weighted by molar-refractivity contribution is 0.0924. The van der Waals surface area contributed by atoms with Crippen LogP contribution in [0, 0.1) is 5.82 Å². The highest BCUT2D eigenvalue weighted by Gasteiger charge is 2.15. The largest absolute Gasteiger partial charge is 0.350 e. The number of hydrogen-bond donors (Lipinski definition) is 2. The number of hydrogen-bond acceptors (Lipinski definition) is 4. The van der Waals surface area contributed by atoms with E-state index in [0.29, 0.717) is 11.3 Å². The second kappa shape index (κ2) is 8.14. The highest BCUT2D eigenvalue weighted by molar-refractivity contribution is 5.95. The van der Waals surface area contributed by atoms with Crippen molar-refractivity contribution in [2.24, 2.45) is 0 Å². The van der Waals surface area contributed by atoms with Gasteiger partial charge in [0.15, 0.2) is 0 Å². The van der Waals surface area contributed by atoms with Crippen LogP contribution in [0.5, 0.6) is 0 Å². The Bertz CT molecular complexity index is 734. The van der Waals surface area contributed by atoms with Crippen molar-refractivity contribution in [2.75, 3.05) is 13.1 Å². The molecule has 0 aliphatic carbocycles. The van der Waals surface area contributed by atoms with Crippen molar-refractivity contribution >= 4 is 11.8 Å². The van der Waals surface area contributed by atoms with Crippen LogP contribution in [0.2, 0.25) is 0 Å². The molecular formula is C17H19FN4O2. The van der Waals surface area contributed by atoms with Gasteiger partial charge in [0.05, 0.1) is 16.8 Å². The van der Waals surface area contributed by atoms with Crippen LogP contribution < -0.4 is 10.6 Å². The molecule has 0 aliphatic heterocycles. The molecule has 1 aromatic carbocycles. The van der Waals surface area contributed by atoms with Gasteiger partial charge in [-0.05, 0) is 18.1 Å². The Balaban J connectivity index is 1.86. The molecule has 0 fully saturated rings. The molecule has 0 spiro atoms. The second-order valence-electron chi connectivity index (χ2n) is 5.47. The van der Waals surface area contributed by atoms with Crippen molar-refractivity contribution in [3.05, 3.63) is 59.4 Å². The Labute approximate surface area is 139 Å². The quantitative estimate of drug-likeness (QED) is 0.792. The van der Waals surface area contributed by atoms with Gasteiger partial charge in [-0.3, -0.25) is 9.59 Å². The Morgan fingerprint density at radius 1 is 1.08 bits per heavy atom. The number of amides is 2. The van der Waals surface area contributed by atoms with Gasteiger partial charge in [0.1, 0.15) is 12.1 Å². The first kappa shape index (κ1) is 17.5. The standard InChI is InChI=1S/C17H19FN4O2/c1-11(2)15-13(9-19-10-22-15)17(24)21-8-7-20-16(23)12-5-3-4-6-14(12)18/h3-6,9-11H,7-8H2,1-2H3,(H,20,23)(H,21,24). The number of rotatable bonds is 6. The normalized spacial score (nSPS) is 10.5. The van der Waals surface area contributed by atoms with Crippen molar-refractivity contribution in [1.82, 2.24) is 20.6 Å². The van der Waals surface area contributed by atoms with Gasteiger partial charge in [0.25, 0.3) is 11.8 Å². The topological polar surface area (TPSA) is 84.0 Å². The van der Waals surface area contributed by atoms with Crippen LogP contribution in [0.15, 0.2) is 36.8 Å². The molecule has 0 saturated heterocycles. The fourth-order valence-electron chi connectivity index (χ4n) is 2.16. The molecule has 1 aromatic heterocycles. The predicted molar refractivity (Wildman–Crippen MR) is 87.2 cm³/mol. The average Bonchev–Trinajstić information content (AvgIpc) is 2.58. The maximum Gasteiger partial charge on any atom is 0.254 e. The van der Waals surface area contributed by atoms with Crippen LogP contribution >= 0.6 is 0 Å². The van der Waals surface area contributed by atoms with Crippen LogP contribution in [0.4, 0.5) is 4.39 Å². The summed E-state index contributed by atoms with van der Waals surface area (Å²) in [6.45, 7) is 4.27. The van der Waals surface area contributed by atoms with Gasteiger partial charge in [0.2, 0.25) is 0 Å². The summed E-state index contributed by atoms with van der Waals surface area (Å²) >= 11 is 0. The van der Waals surface area contributed by atoms with Crippen molar-refractivity contribution in [3.63, 3.8) is 0 Å². The first-order chi connectivity index (χ1) is 11.5. The van der Waals surface area contributed by atoms with Crippen molar-refractivity contribution in [2.45, 2.75) is 19.8 Å². The maximum atomic E-state index is 13.5. The van der Waals surface area contributed by atoms with E-state index in [0.717, 1.165) is 0 Å². The lowest BCUT2D eigenvalue weighted by Gasteiger charge is -2.11. The molecule has 0 saturated carbocycles. The smallest absolute Gasteiger partial charge is 0.254 e. The van der Waals surface area contributed by atoms with Gasteiger partial charge in [0, 0.05) is 19.3 Å². The summed E-state index contributed by atoms with van der Waals surface area (Å²) in [4.78, 5) is 32.0. The minimum absolute atomic E-state index is 0.0256. The Morgan fingerprint density at radius 3 is 2.33 bits per heavy atom. The molecule has 0 atom stereocenters. The number of nitrogens with one attached hydrogen (secondary N) is 2. The Hall–Kier alpha value is -2.83. The molecule has 7 heteroatoms. The monoisotopic (exact) mass is 330 g/mol. The molecule has 0 unspecified atom stereocenters. The van der Waals surface area contributed by atoms with Crippen LogP contribution in [0.25, 0.3) is 0 Å². The molecule has 0 bridgehead atoms. The summed E-state index contributed by atoms with van der Waals surface area (Å²) in [5.74, 6) is -1.32. The summed E-state index contributed by atoms with van der Waals surface area (Å²) in [5, 5.41) is 5.25. The van der Waals surface area contributed by atoms with Crippen LogP contribution in [-0.4, -0.2) is 34.9 Å². The average molecular weight is 330 g/mol. The number of aromatic nitrogens is 2. The van der Waals surface area contributed by atoms with Gasteiger partial charge in [-0.1, -0.05) is 26.0 Å². The molecule has 0 radical (unpaired) electrons. The molecular weight excluding hydrogens is 311 g/mol. The van der Waals surface area contributed by atoms with E-state index in [-0.39, 0.29) is 30.5 Å². The van der Waals surface area contributed by atoms with E-state index >= 15 is 0 Å². The molecule has 0 aliphatic rings. The third-order valence-corrected chi connectivity index (χ3v) is 3.35. The zero-order valence-electron chi connectivity index (χ0n) is 13.5. The van der Waals surface area contributed by atoms with Crippen LogP contribution in [0.3, 0.4) is 0 Å². The minimum Gasteiger partial charge on any atom is -0.350 e. The minimum atomic E-state index is -0.581. The zero-order chi connectivity index (χ0) is 17.5. The molecule has 2 N–H and O–H groups in total. The maximum absolute atomic E-state index is 13.5. The number of halogens is 1. The number of nitrogens with zero attached hydrogens (tertiary/aromatic N) is 2. The van der Waals surface area contributed by atoms with Crippen LogP contribution in [0.1, 0.15) is 46.2 Å². The summed E-state index contributed by atoms with van der Waals surface area (Å²) in [6, 6.07) is 5.72. The van der Waals surface area contributed by atoms with Gasteiger partial charge >= 0.3 is 0 Å². The van der Waals surface area contributed by atoms with E-state index in [1.54, 1.807) is 6.07 Å².